The molecule has 0 fully saturated rings. The Kier molecular flexibility index (Phi) is 3.23. The smallest absolute Gasteiger partial charge is 0.0979 e. The molecule has 14 heavy (non-hydrogen) atoms. The molecule has 0 aliphatic heterocycles. The largest absolute Gasteiger partial charge is 0.271 e. The minimum Gasteiger partial charge on any atom is -0.271 e. The lowest BCUT2D eigenvalue weighted by Crippen LogP contribution is -2.30. The maximum atomic E-state index is 5.54. The van der Waals surface area contributed by atoms with Crippen LogP contribution in [0.4, 0.5) is 0 Å². The third-order valence-corrected chi connectivity index (χ3v) is 3.06. The van der Waals surface area contributed by atoms with Gasteiger partial charge in [0.2, 0.25) is 0 Å². The van der Waals surface area contributed by atoms with Gasteiger partial charge in [-0.2, -0.15) is 0 Å². The molecule has 1 atom stereocenters. The Morgan fingerprint density at radius 2 is 2.43 bits per heavy atom. The molecule has 5 heteroatoms. The van der Waals surface area contributed by atoms with Crippen molar-refractivity contribution in [1.82, 2.24) is 15.0 Å². The number of aromatic nitrogens is 2. The molecular formula is C9H14N4S. The second-order valence-corrected chi connectivity index (χ2v) is 4.06. The van der Waals surface area contributed by atoms with Crippen molar-refractivity contribution < 1.29 is 0 Å². The van der Waals surface area contributed by atoms with Gasteiger partial charge in [0.05, 0.1) is 11.7 Å². The van der Waals surface area contributed by atoms with Crippen LogP contribution in [0.5, 0.6) is 0 Å². The molecule has 1 aromatic rings. The molecule has 76 valence electrons. The maximum Gasteiger partial charge on any atom is 0.0979 e. The van der Waals surface area contributed by atoms with Crippen molar-refractivity contribution in [3.63, 3.8) is 0 Å². The highest BCUT2D eigenvalue weighted by Gasteiger charge is 2.18. The summed E-state index contributed by atoms with van der Waals surface area (Å²) in [6, 6.07) is 0.0639. The lowest BCUT2D eigenvalue weighted by Gasteiger charge is -2.20. The zero-order valence-corrected chi connectivity index (χ0v) is 8.76. The predicted molar refractivity (Wildman–Crippen MR) is 56.5 cm³/mol. The number of rotatable bonds is 3. The average molecular weight is 210 g/mol. The summed E-state index contributed by atoms with van der Waals surface area (Å²) < 4.78 is 3.85. The molecule has 0 spiro atoms. The van der Waals surface area contributed by atoms with Gasteiger partial charge in [-0.05, 0) is 42.8 Å². The fourth-order valence-corrected chi connectivity index (χ4v) is 2.28. The first-order valence-electron chi connectivity index (χ1n) is 4.84. The van der Waals surface area contributed by atoms with Crippen LogP contribution in [-0.2, 0) is 0 Å². The van der Waals surface area contributed by atoms with Crippen LogP contribution in [-0.4, -0.2) is 9.59 Å². The molecule has 0 radical (unpaired) electrons. The summed E-state index contributed by atoms with van der Waals surface area (Å²) in [7, 11) is 0. The van der Waals surface area contributed by atoms with Gasteiger partial charge in [-0.15, -0.1) is 5.10 Å². The van der Waals surface area contributed by atoms with E-state index in [2.05, 4.69) is 21.1 Å². The summed E-state index contributed by atoms with van der Waals surface area (Å²) in [5, 5.41) is 5.99. The first kappa shape index (κ1) is 9.76. The zero-order valence-electron chi connectivity index (χ0n) is 7.94. The molecule has 0 amide bonds. The molecule has 1 aliphatic rings. The molecule has 4 nitrogen and oxygen atoms in total. The van der Waals surface area contributed by atoms with E-state index in [0.29, 0.717) is 0 Å². The zero-order chi connectivity index (χ0) is 9.80. The lowest BCUT2D eigenvalue weighted by molar-refractivity contribution is 0.554. The fraction of sp³-hybridized carbons (Fsp3) is 0.556. The van der Waals surface area contributed by atoms with E-state index >= 15 is 0 Å². The Bertz CT molecular complexity index is 307. The van der Waals surface area contributed by atoms with E-state index in [1.165, 1.54) is 29.9 Å². The summed E-state index contributed by atoms with van der Waals surface area (Å²) in [5.74, 6) is 5.54. The number of hydrazine groups is 1. The minimum absolute atomic E-state index is 0.0639. The number of nitrogens with zero attached hydrogens (tertiary/aromatic N) is 2. The van der Waals surface area contributed by atoms with Gasteiger partial charge in [0.1, 0.15) is 0 Å². The van der Waals surface area contributed by atoms with Crippen LogP contribution in [0.25, 0.3) is 0 Å². The molecule has 3 N–H and O–H groups in total. The SMILES string of the molecule is NNC(C1=CCCCC1)c1csnn1. The number of hydrogen-bond donors (Lipinski definition) is 2. The molecule has 1 heterocycles. The van der Waals surface area contributed by atoms with Crippen LogP contribution in [0.2, 0.25) is 0 Å². The first-order chi connectivity index (χ1) is 6.92. The number of nitrogens with two attached hydrogens (primary N) is 1. The molecule has 1 aromatic heterocycles. The van der Waals surface area contributed by atoms with E-state index in [4.69, 9.17) is 5.84 Å². The first-order valence-corrected chi connectivity index (χ1v) is 5.67. The van der Waals surface area contributed by atoms with Crippen molar-refractivity contribution in [2.24, 2.45) is 5.84 Å². The van der Waals surface area contributed by atoms with E-state index in [1.54, 1.807) is 0 Å². The van der Waals surface area contributed by atoms with Crippen molar-refractivity contribution in [3.05, 3.63) is 22.7 Å². The second kappa shape index (κ2) is 4.63. The highest BCUT2D eigenvalue weighted by atomic mass is 32.1. The third kappa shape index (κ3) is 2.00. The van der Waals surface area contributed by atoms with Crippen LogP contribution in [0.1, 0.15) is 37.4 Å². The van der Waals surface area contributed by atoms with Gasteiger partial charge in [0.15, 0.2) is 0 Å². The molecule has 0 saturated heterocycles. The summed E-state index contributed by atoms with van der Waals surface area (Å²) in [4.78, 5) is 0. The molecule has 1 aliphatic carbocycles. The van der Waals surface area contributed by atoms with Crippen molar-refractivity contribution in [2.75, 3.05) is 0 Å². The average Bonchev–Trinajstić information content (AvgIpc) is 2.74. The quantitative estimate of drug-likeness (QED) is 0.451. The Hall–Kier alpha value is -0.780. The van der Waals surface area contributed by atoms with E-state index in [1.807, 2.05) is 5.38 Å². The Labute approximate surface area is 87.3 Å². The predicted octanol–water partition coefficient (Wildman–Crippen LogP) is 1.54. The molecule has 0 aromatic carbocycles. The molecule has 2 rings (SSSR count). The Morgan fingerprint density at radius 3 is 3.00 bits per heavy atom. The lowest BCUT2D eigenvalue weighted by atomic mass is 9.93. The van der Waals surface area contributed by atoms with Crippen molar-refractivity contribution in [3.8, 4) is 0 Å². The van der Waals surface area contributed by atoms with Crippen LogP contribution >= 0.6 is 11.5 Å². The van der Waals surface area contributed by atoms with Gasteiger partial charge < -0.3 is 0 Å². The van der Waals surface area contributed by atoms with Gasteiger partial charge in [-0.25, -0.2) is 5.43 Å². The third-order valence-electron chi connectivity index (χ3n) is 2.54. The van der Waals surface area contributed by atoms with Crippen LogP contribution in [0.15, 0.2) is 17.0 Å². The van der Waals surface area contributed by atoms with Gasteiger partial charge in [0, 0.05) is 5.38 Å². The monoisotopic (exact) mass is 210 g/mol. The van der Waals surface area contributed by atoms with Gasteiger partial charge in [-0.1, -0.05) is 10.6 Å². The highest BCUT2D eigenvalue weighted by molar-refractivity contribution is 7.03. The van der Waals surface area contributed by atoms with Crippen molar-refractivity contribution in [1.29, 1.82) is 0 Å². The normalized spacial score (nSPS) is 19.1. The van der Waals surface area contributed by atoms with Crippen LogP contribution in [0.3, 0.4) is 0 Å². The van der Waals surface area contributed by atoms with E-state index in [-0.39, 0.29) is 6.04 Å². The van der Waals surface area contributed by atoms with E-state index in [9.17, 15) is 0 Å². The number of nitrogens with one attached hydrogen (secondary N) is 1. The Morgan fingerprint density at radius 1 is 1.50 bits per heavy atom. The topological polar surface area (TPSA) is 63.8 Å². The molecule has 1 unspecified atom stereocenters. The fourth-order valence-electron chi connectivity index (χ4n) is 1.81. The summed E-state index contributed by atoms with van der Waals surface area (Å²) in [5.41, 5.74) is 5.10. The Balaban J connectivity index is 2.16. The van der Waals surface area contributed by atoms with Crippen LogP contribution in [0, 0.1) is 0 Å². The number of allylic oxidation sites excluding steroid dienone is 1. The summed E-state index contributed by atoms with van der Waals surface area (Å²) in [6.45, 7) is 0. The van der Waals surface area contributed by atoms with Gasteiger partial charge in [-0.3, -0.25) is 5.84 Å². The van der Waals surface area contributed by atoms with E-state index in [0.717, 1.165) is 18.5 Å². The summed E-state index contributed by atoms with van der Waals surface area (Å²) >= 11 is 1.36. The van der Waals surface area contributed by atoms with Crippen LogP contribution < -0.4 is 11.3 Å². The molecule has 0 saturated carbocycles. The maximum absolute atomic E-state index is 5.54. The summed E-state index contributed by atoms with van der Waals surface area (Å²) in [6.07, 6.45) is 7.09. The number of hydrogen-bond acceptors (Lipinski definition) is 5. The van der Waals surface area contributed by atoms with Crippen molar-refractivity contribution >= 4 is 11.5 Å². The molecule has 0 bridgehead atoms. The van der Waals surface area contributed by atoms with Gasteiger partial charge in [0.25, 0.3) is 0 Å². The van der Waals surface area contributed by atoms with Gasteiger partial charge >= 0.3 is 0 Å². The second-order valence-electron chi connectivity index (χ2n) is 3.45. The minimum atomic E-state index is 0.0639. The standard InChI is InChI=1S/C9H14N4S/c10-11-9(8-6-14-13-12-8)7-4-2-1-3-5-7/h4,6,9,11H,1-3,5,10H2. The van der Waals surface area contributed by atoms with Crippen molar-refractivity contribution in [2.45, 2.75) is 31.7 Å². The van der Waals surface area contributed by atoms with E-state index < -0.39 is 0 Å². The highest BCUT2D eigenvalue weighted by Crippen LogP contribution is 2.28. The molecular weight excluding hydrogens is 196 g/mol.